The monoisotopic (exact) mass is 295 g/mol. The molecule has 1 saturated heterocycles. The molecule has 20 heavy (non-hydrogen) atoms. The van der Waals surface area contributed by atoms with Crippen molar-refractivity contribution in [2.45, 2.75) is 6.54 Å². The number of rotatable bonds is 4. The van der Waals surface area contributed by atoms with Gasteiger partial charge in [-0.25, -0.2) is 0 Å². The van der Waals surface area contributed by atoms with E-state index in [9.17, 15) is 9.59 Å². The van der Waals surface area contributed by atoms with Crippen molar-refractivity contribution in [3.63, 3.8) is 0 Å². The summed E-state index contributed by atoms with van der Waals surface area (Å²) in [5.74, 6) is -0.110. The molecular weight excluding hydrogens is 278 g/mol. The Morgan fingerprint density at radius 1 is 1.40 bits per heavy atom. The highest BCUT2D eigenvalue weighted by Crippen LogP contribution is 2.11. The van der Waals surface area contributed by atoms with E-state index in [-0.39, 0.29) is 18.4 Å². The SMILES string of the molecule is CN(CC(=O)N1CCNC(=O)C1)Cc1ccc(Cl)cc1. The van der Waals surface area contributed by atoms with Gasteiger partial charge in [0.15, 0.2) is 0 Å². The van der Waals surface area contributed by atoms with E-state index in [0.717, 1.165) is 5.56 Å². The quantitative estimate of drug-likeness (QED) is 0.891. The van der Waals surface area contributed by atoms with Crippen molar-refractivity contribution >= 4 is 23.4 Å². The van der Waals surface area contributed by atoms with Crippen molar-refractivity contribution in [1.29, 1.82) is 0 Å². The Hall–Kier alpha value is -1.59. The topological polar surface area (TPSA) is 52.7 Å². The fourth-order valence-electron chi connectivity index (χ4n) is 2.14. The zero-order valence-electron chi connectivity index (χ0n) is 11.4. The summed E-state index contributed by atoms with van der Waals surface area (Å²) in [6.07, 6.45) is 0. The van der Waals surface area contributed by atoms with E-state index in [1.165, 1.54) is 0 Å². The molecule has 1 aromatic rings. The Bertz CT molecular complexity index is 490. The van der Waals surface area contributed by atoms with Gasteiger partial charge in [0.05, 0.1) is 13.1 Å². The first-order valence-electron chi connectivity index (χ1n) is 6.52. The number of likely N-dealkylation sites (N-methyl/N-ethyl adjacent to an activating group) is 1. The van der Waals surface area contributed by atoms with Gasteiger partial charge in [-0.3, -0.25) is 14.5 Å². The summed E-state index contributed by atoms with van der Waals surface area (Å²) in [7, 11) is 1.89. The molecule has 0 spiro atoms. The van der Waals surface area contributed by atoms with Crippen LogP contribution in [0.25, 0.3) is 0 Å². The summed E-state index contributed by atoms with van der Waals surface area (Å²) < 4.78 is 0. The predicted molar refractivity (Wildman–Crippen MR) is 77.4 cm³/mol. The fourth-order valence-corrected chi connectivity index (χ4v) is 2.27. The largest absolute Gasteiger partial charge is 0.353 e. The molecule has 1 aliphatic rings. The van der Waals surface area contributed by atoms with Crippen molar-refractivity contribution in [2.75, 3.05) is 33.2 Å². The molecule has 108 valence electrons. The van der Waals surface area contributed by atoms with Gasteiger partial charge in [0.1, 0.15) is 0 Å². The molecule has 0 saturated carbocycles. The maximum atomic E-state index is 12.1. The van der Waals surface area contributed by atoms with Crippen LogP contribution >= 0.6 is 11.6 Å². The maximum Gasteiger partial charge on any atom is 0.239 e. The molecule has 0 atom stereocenters. The molecule has 1 aliphatic heterocycles. The summed E-state index contributed by atoms with van der Waals surface area (Å²) in [6, 6.07) is 7.55. The molecule has 0 aromatic heterocycles. The number of carbonyl (C=O) groups excluding carboxylic acids is 2. The van der Waals surface area contributed by atoms with Crippen LogP contribution in [0.2, 0.25) is 5.02 Å². The van der Waals surface area contributed by atoms with Gasteiger partial charge in [0.2, 0.25) is 11.8 Å². The minimum absolute atomic E-state index is 0.0173. The van der Waals surface area contributed by atoms with Gasteiger partial charge in [0.25, 0.3) is 0 Å². The van der Waals surface area contributed by atoms with Crippen LogP contribution in [0.15, 0.2) is 24.3 Å². The van der Waals surface area contributed by atoms with Gasteiger partial charge in [-0.2, -0.15) is 0 Å². The van der Waals surface area contributed by atoms with Gasteiger partial charge in [-0.05, 0) is 24.7 Å². The maximum absolute atomic E-state index is 12.1. The van der Waals surface area contributed by atoms with Crippen molar-refractivity contribution in [3.8, 4) is 0 Å². The summed E-state index contributed by atoms with van der Waals surface area (Å²) in [6.45, 7) is 2.25. The molecule has 0 radical (unpaired) electrons. The second kappa shape index (κ2) is 6.72. The highest BCUT2D eigenvalue weighted by molar-refractivity contribution is 6.30. The van der Waals surface area contributed by atoms with Crippen LogP contribution in [-0.2, 0) is 16.1 Å². The summed E-state index contributed by atoms with van der Waals surface area (Å²) >= 11 is 5.84. The van der Waals surface area contributed by atoms with Gasteiger partial charge in [-0.15, -0.1) is 0 Å². The van der Waals surface area contributed by atoms with Crippen LogP contribution in [0.5, 0.6) is 0 Å². The molecule has 5 nitrogen and oxygen atoms in total. The van der Waals surface area contributed by atoms with Gasteiger partial charge in [-0.1, -0.05) is 23.7 Å². The second-order valence-corrected chi connectivity index (χ2v) is 5.40. The lowest BCUT2D eigenvalue weighted by molar-refractivity contribution is -0.138. The summed E-state index contributed by atoms with van der Waals surface area (Å²) in [4.78, 5) is 26.9. The average Bonchev–Trinajstić information content (AvgIpc) is 2.41. The number of benzene rings is 1. The number of piperazine rings is 1. The zero-order chi connectivity index (χ0) is 14.5. The molecule has 2 amide bonds. The highest BCUT2D eigenvalue weighted by Gasteiger charge is 2.21. The Labute approximate surface area is 123 Å². The first kappa shape index (κ1) is 14.8. The van der Waals surface area contributed by atoms with E-state index >= 15 is 0 Å². The summed E-state index contributed by atoms with van der Waals surface area (Å²) in [5.41, 5.74) is 1.10. The molecule has 0 aliphatic carbocycles. The lowest BCUT2D eigenvalue weighted by atomic mass is 10.2. The van der Waals surface area contributed by atoms with Gasteiger partial charge < -0.3 is 10.2 Å². The minimum Gasteiger partial charge on any atom is -0.353 e. The number of nitrogens with zero attached hydrogens (tertiary/aromatic N) is 2. The van der Waals surface area contributed by atoms with Crippen LogP contribution in [0, 0.1) is 0 Å². The lowest BCUT2D eigenvalue weighted by Gasteiger charge is -2.28. The number of amides is 2. The van der Waals surface area contributed by atoms with E-state index < -0.39 is 0 Å². The lowest BCUT2D eigenvalue weighted by Crippen LogP contribution is -2.52. The van der Waals surface area contributed by atoms with E-state index in [4.69, 9.17) is 11.6 Å². The first-order valence-corrected chi connectivity index (χ1v) is 6.90. The van der Waals surface area contributed by atoms with Crippen LogP contribution in [0.1, 0.15) is 5.56 Å². The molecule has 0 unspecified atom stereocenters. The van der Waals surface area contributed by atoms with Crippen molar-refractivity contribution in [2.24, 2.45) is 0 Å². The van der Waals surface area contributed by atoms with Crippen LogP contribution < -0.4 is 5.32 Å². The minimum atomic E-state index is -0.0926. The third kappa shape index (κ3) is 4.21. The number of carbonyl (C=O) groups is 2. The zero-order valence-corrected chi connectivity index (χ0v) is 12.2. The Morgan fingerprint density at radius 3 is 2.75 bits per heavy atom. The fraction of sp³-hybridized carbons (Fsp3) is 0.429. The number of hydrogen-bond acceptors (Lipinski definition) is 3. The van der Waals surface area contributed by atoms with Crippen molar-refractivity contribution in [3.05, 3.63) is 34.9 Å². The third-order valence-corrected chi connectivity index (χ3v) is 3.41. The molecule has 1 fully saturated rings. The van der Waals surface area contributed by atoms with E-state index in [1.807, 2.05) is 36.2 Å². The number of hydrogen-bond donors (Lipinski definition) is 1. The second-order valence-electron chi connectivity index (χ2n) is 4.96. The first-order chi connectivity index (χ1) is 9.54. The molecule has 1 aromatic carbocycles. The Kier molecular flexibility index (Phi) is 4.98. The van der Waals surface area contributed by atoms with E-state index in [1.54, 1.807) is 4.90 Å². The van der Waals surface area contributed by atoms with Crippen LogP contribution in [0.4, 0.5) is 0 Å². The molecule has 6 heteroatoms. The number of halogens is 1. The van der Waals surface area contributed by atoms with Crippen LogP contribution in [-0.4, -0.2) is 54.8 Å². The van der Waals surface area contributed by atoms with Crippen molar-refractivity contribution in [1.82, 2.24) is 15.1 Å². The number of nitrogens with one attached hydrogen (secondary N) is 1. The molecule has 1 heterocycles. The average molecular weight is 296 g/mol. The summed E-state index contributed by atoms with van der Waals surface area (Å²) in [5, 5.41) is 3.41. The van der Waals surface area contributed by atoms with E-state index in [2.05, 4.69) is 5.32 Å². The standard InChI is InChI=1S/C14H18ClN3O2/c1-17(8-11-2-4-12(15)5-3-11)10-14(20)18-7-6-16-13(19)9-18/h2-5H,6-10H2,1H3,(H,16,19). The van der Waals surface area contributed by atoms with Crippen LogP contribution in [0.3, 0.4) is 0 Å². The smallest absolute Gasteiger partial charge is 0.239 e. The normalized spacial score (nSPS) is 15.3. The molecule has 0 bridgehead atoms. The predicted octanol–water partition coefficient (Wildman–Crippen LogP) is 0.730. The molecule has 1 N–H and O–H groups in total. The Morgan fingerprint density at radius 2 is 2.10 bits per heavy atom. The van der Waals surface area contributed by atoms with Gasteiger partial charge >= 0.3 is 0 Å². The van der Waals surface area contributed by atoms with E-state index in [0.29, 0.717) is 31.2 Å². The van der Waals surface area contributed by atoms with Crippen molar-refractivity contribution < 1.29 is 9.59 Å². The Balaban J connectivity index is 1.84. The third-order valence-electron chi connectivity index (χ3n) is 3.16. The highest BCUT2D eigenvalue weighted by atomic mass is 35.5. The molecular formula is C14H18ClN3O2. The van der Waals surface area contributed by atoms with Gasteiger partial charge in [0, 0.05) is 24.7 Å². The molecule has 2 rings (SSSR count).